The Morgan fingerprint density at radius 3 is 2.27 bits per heavy atom. The molecule has 40 heavy (non-hydrogen) atoms. The highest BCUT2D eigenvalue weighted by Gasteiger charge is 2.38. The molecule has 1 saturated heterocycles. The summed E-state index contributed by atoms with van der Waals surface area (Å²) in [4.78, 5) is 21.6. The number of nitrogens with zero attached hydrogens (tertiary/aromatic N) is 3. The van der Waals surface area contributed by atoms with Crippen LogP contribution in [-0.4, -0.2) is 60.2 Å². The van der Waals surface area contributed by atoms with Crippen LogP contribution < -0.4 is 9.47 Å². The van der Waals surface area contributed by atoms with Crippen LogP contribution in [0, 0.1) is 0 Å². The Bertz CT molecular complexity index is 1320. The van der Waals surface area contributed by atoms with E-state index >= 15 is 0 Å². The molecule has 2 aromatic carbocycles. The first-order valence-corrected chi connectivity index (χ1v) is 13.2. The second-order valence-corrected chi connectivity index (χ2v) is 10.5. The van der Waals surface area contributed by atoms with Gasteiger partial charge in [0.05, 0.1) is 23.1 Å². The van der Waals surface area contributed by atoms with Crippen molar-refractivity contribution < 1.29 is 40.6 Å². The van der Waals surface area contributed by atoms with Gasteiger partial charge in [-0.05, 0) is 61.5 Å². The van der Waals surface area contributed by atoms with E-state index in [0.717, 1.165) is 32.2 Å². The molecule has 216 valence electrons. The highest BCUT2D eigenvalue weighted by molar-refractivity contribution is 8.18. The van der Waals surface area contributed by atoms with Crippen molar-refractivity contribution in [1.29, 1.82) is 0 Å². The number of carbonyl (C=O) groups is 1. The first kappa shape index (κ1) is 29.8. The minimum absolute atomic E-state index is 0.0715. The molecule has 0 spiro atoms. The quantitative estimate of drug-likeness (QED) is 0.292. The highest BCUT2D eigenvalue weighted by atomic mass is 32.2. The number of hydrogen-bond acceptors (Lipinski definition) is 6. The maximum Gasteiger partial charge on any atom is 0.416 e. The van der Waals surface area contributed by atoms with Crippen LogP contribution in [0.25, 0.3) is 6.08 Å². The van der Waals surface area contributed by atoms with E-state index < -0.39 is 35.6 Å². The van der Waals surface area contributed by atoms with E-state index in [4.69, 9.17) is 9.47 Å². The lowest BCUT2D eigenvalue weighted by molar-refractivity contribution is -0.143. The molecule has 13 heteroatoms. The molecular weight excluding hydrogens is 560 g/mol. The normalized spacial score (nSPS) is 18.1. The number of ether oxygens (including phenoxy) is 2. The monoisotopic (exact) mass is 587 g/mol. The molecule has 0 atom stereocenters. The van der Waals surface area contributed by atoms with Crippen LogP contribution >= 0.6 is 11.8 Å². The zero-order valence-corrected chi connectivity index (χ0v) is 22.7. The van der Waals surface area contributed by atoms with Crippen LogP contribution in [0.2, 0.25) is 0 Å². The SMILES string of the molecule is COc1cc(/C=C2\SC(N3CCN(C(C)C)CC3)=NC2=O)ccc1OCc1ccc(C(F)(F)F)cc1C(F)(F)F. The molecule has 2 heterocycles. The fourth-order valence-electron chi connectivity index (χ4n) is 4.31. The van der Waals surface area contributed by atoms with Gasteiger partial charge < -0.3 is 14.4 Å². The molecule has 1 amide bonds. The largest absolute Gasteiger partial charge is 0.493 e. The van der Waals surface area contributed by atoms with E-state index in [2.05, 4.69) is 28.6 Å². The third-order valence-corrected chi connectivity index (χ3v) is 7.58. The van der Waals surface area contributed by atoms with E-state index in [1.54, 1.807) is 18.2 Å². The van der Waals surface area contributed by atoms with Gasteiger partial charge in [-0.1, -0.05) is 12.1 Å². The summed E-state index contributed by atoms with van der Waals surface area (Å²) < 4.78 is 90.1. The van der Waals surface area contributed by atoms with Gasteiger partial charge in [0.1, 0.15) is 6.61 Å². The average molecular weight is 588 g/mol. The van der Waals surface area contributed by atoms with Crippen molar-refractivity contribution in [1.82, 2.24) is 9.80 Å². The van der Waals surface area contributed by atoms with E-state index in [1.807, 2.05) is 0 Å². The van der Waals surface area contributed by atoms with E-state index in [1.165, 1.54) is 24.9 Å². The number of piperazine rings is 1. The number of carbonyl (C=O) groups excluding carboxylic acids is 1. The smallest absolute Gasteiger partial charge is 0.416 e. The number of thioether (sulfide) groups is 1. The first-order valence-electron chi connectivity index (χ1n) is 12.4. The minimum atomic E-state index is -5.01. The molecule has 0 saturated carbocycles. The third kappa shape index (κ3) is 6.92. The van der Waals surface area contributed by atoms with Crippen molar-refractivity contribution in [2.75, 3.05) is 33.3 Å². The second kappa shape index (κ2) is 11.7. The predicted octanol–water partition coefficient (Wildman–Crippen LogP) is 6.31. The number of rotatable bonds is 6. The number of halogens is 6. The van der Waals surface area contributed by atoms with Gasteiger partial charge in [0.2, 0.25) is 0 Å². The predicted molar refractivity (Wildman–Crippen MR) is 140 cm³/mol. The summed E-state index contributed by atoms with van der Waals surface area (Å²) in [5, 5.41) is 0.642. The van der Waals surface area contributed by atoms with Crippen LogP contribution in [0.1, 0.15) is 36.1 Å². The summed E-state index contributed by atoms with van der Waals surface area (Å²) in [5.74, 6) is -0.105. The van der Waals surface area contributed by atoms with Crippen molar-refractivity contribution >= 4 is 28.9 Å². The number of amidine groups is 1. The summed E-state index contributed by atoms with van der Waals surface area (Å²) in [5.41, 5.74) is -2.71. The number of methoxy groups -OCH3 is 1. The van der Waals surface area contributed by atoms with Gasteiger partial charge in [-0.25, -0.2) is 0 Å². The Hall–Kier alpha value is -3.19. The van der Waals surface area contributed by atoms with Crippen LogP contribution in [-0.2, 0) is 23.8 Å². The van der Waals surface area contributed by atoms with Gasteiger partial charge in [0.15, 0.2) is 16.7 Å². The molecule has 0 aliphatic carbocycles. The number of alkyl halides is 6. The minimum Gasteiger partial charge on any atom is -0.493 e. The third-order valence-electron chi connectivity index (χ3n) is 6.54. The topological polar surface area (TPSA) is 54.4 Å². The van der Waals surface area contributed by atoms with Crippen molar-refractivity contribution in [3.05, 3.63) is 63.6 Å². The maximum atomic E-state index is 13.5. The second-order valence-electron chi connectivity index (χ2n) is 9.49. The standard InChI is InChI=1S/C27H27F6N3O3S/c1-16(2)35-8-10-36(11-9-35)25-34-24(37)23(40-25)13-17-4-7-21(22(12-17)38-3)39-15-18-5-6-19(26(28,29)30)14-20(18)27(31,32)33/h4-7,12-14,16H,8-11,15H2,1-3H3/b23-13-. The van der Waals surface area contributed by atoms with Crippen LogP contribution in [0.4, 0.5) is 26.3 Å². The van der Waals surface area contributed by atoms with Gasteiger partial charge in [-0.2, -0.15) is 31.3 Å². The molecule has 4 rings (SSSR count). The average Bonchev–Trinajstić information content (AvgIpc) is 3.26. The molecule has 2 aliphatic rings. The van der Waals surface area contributed by atoms with Crippen molar-refractivity contribution in [2.45, 2.75) is 38.8 Å². The number of hydrogen-bond donors (Lipinski definition) is 0. The summed E-state index contributed by atoms with van der Waals surface area (Å²) in [6.07, 6.45) is -8.28. The molecule has 2 aromatic rings. The zero-order valence-electron chi connectivity index (χ0n) is 21.9. The fraction of sp³-hybridized carbons (Fsp3) is 0.407. The lowest BCUT2D eigenvalue weighted by Gasteiger charge is -2.37. The number of aliphatic imine (C=N–C) groups is 1. The summed E-state index contributed by atoms with van der Waals surface area (Å²) in [6.45, 7) is 6.92. The lowest BCUT2D eigenvalue weighted by atomic mass is 10.0. The molecule has 0 unspecified atom stereocenters. The Morgan fingerprint density at radius 2 is 1.68 bits per heavy atom. The van der Waals surface area contributed by atoms with Gasteiger partial charge in [0, 0.05) is 37.8 Å². The van der Waals surface area contributed by atoms with Crippen molar-refractivity contribution in [2.24, 2.45) is 4.99 Å². The maximum absolute atomic E-state index is 13.5. The molecule has 0 N–H and O–H groups in total. The highest BCUT2D eigenvalue weighted by Crippen LogP contribution is 2.39. The summed E-state index contributed by atoms with van der Waals surface area (Å²) in [7, 11) is 1.34. The van der Waals surface area contributed by atoms with Crippen LogP contribution in [0.15, 0.2) is 46.3 Å². The van der Waals surface area contributed by atoms with E-state index in [9.17, 15) is 31.1 Å². The number of benzene rings is 2. The Kier molecular flexibility index (Phi) is 8.74. The molecule has 0 bridgehead atoms. The molecular formula is C27H27F6N3O3S. The van der Waals surface area contributed by atoms with Gasteiger partial charge in [0.25, 0.3) is 5.91 Å². The van der Waals surface area contributed by atoms with Crippen molar-refractivity contribution in [3.63, 3.8) is 0 Å². The molecule has 0 aromatic heterocycles. The Balaban J connectivity index is 1.46. The molecule has 2 aliphatic heterocycles. The van der Waals surface area contributed by atoms with Crippen LogP contribution in [0.5, 0.6) is 11.5 Å². The van der Waals surface area contributed by atoms with Gasteiger partial charge >= 0.3 is 12.4 Å². The molecule has 0 radical (unpaired) electrons. The molecule has 1 fully saturated rings. The fourth-order valence-corrected chi connectivity index (χ4v) is 5.27. The Morgan fingerprint density at radius 1 is 0.975 bits per heavy atom. The lowest BCUT2D eigenvalue weighted by Crippen LogP contribution is -2.49. The first-order chi connectivity index (χ1) is 18.8. The van der Waals surface area contributed by atoms with E-state index in [-0.39, 0.29) is 23.5 Å². The summed E-state index contributed by atoms with van der Waals surface area (Å²) >= 11 is 1.27. The van der Waals surface area contributed by atoms with Gasteiger partial charge in [-0.3, -0.25) is 9.69 Å². The van der Waals surface area contributed by atoms with Crippen molar-refractivity contribution in [3.8, 4) is 11.5 Å². The summed E-state index contributed by atoms with van der Waals surface area (Å²) in [6, 6.07) is 6.45. The number of amides is 1. The molecule has 6 nitrogen and oxygen atoms in total. The van der Waals surface area contributed by atoms with E-state index in [0.29, 0.717) is 27.7 Å². The van der Waals surface area contributed by atoms with Gasteiger partial charge in [-0.15, -0.1) is 0 Å². The Labute approximate surface area is 231 Å². The zero-order chi connectivity index (χ0) is 29.2. The van der Waals surface area contributed by atoms with Crippen LogP contribution in [0.3, 0.4) is 0 Å².